The minimum absolute atomic E-state index is 0.0200. The van der Waals surface area contributed by atoms with Crippen LogP contribution in [0.15, 0.2) is 99.4 Å². The summed E-state index contributed by atoms with van der Waals surface area (Å²) in [4.78, 5) is 19.4. The van der Waals surface area contributed by atoms with Gasteiger partial charge in [-0.25, -0.2) is 4.99 Å². The predicted octanol–water partition coefficient (Wildman–Crippen LogP) is 7.34. The summed E-state index contributed by atoms with van der Waals surface area (Å²) < 4.78 is 62.0. The molecule has 1 aliphatic carbocycles. The highest BCUT2D eigenvalue weighted by Crippen LogP contribution is 2.41. The second kappa shape index (κ2) is 12.2. The topological polar surface area (TPSA) is 52.8 Å². The zero-order valence-electron chi connectivity index (χ0n) is 22.4. The van der Waals surface area contributed by atoms with Crippen LogP contribution in [0.2, 0.25) is 5.02 Å². The van der Waals surface area contributed by atoms with E-state index in [0.717, 1.165) is 46.4 Å². The Morgan fingerprint density at radius 3 is 2.05 bits per heavy atom. The minimum atomic E-state index is -2.95. The van der Waals surface area contributed by atoms with Crippen molar-refractivity contribution in [1.82, 2.24) is 4.57 Å². The molecular weight excluding hydrogens is 604 g/mol. The predicted molar refractivity (Wildman–Crippen MR) is 158 cm³/mol. The number of benzene rings is 3. The normalized spacial score (nSPS) is 17.7. The fourth-order valence-electron chi connectivity index (χ4n) is 5.35. The molecule has 2 aliphatic rings. The zero-order valence-corrected chi connectivity index (χ0v) is 23.9. The Bertz CT molecular complexity index is 1880. The number of aromatic nitrogens is 1. The molecule has 0 amide bonds. The first-order valence-corrected chi connectivity index (χ1v) is 14.6. The average Bonchev–Trinajstić information content (AvgIpc) is 3.28. The van der Waals surface area contributed by atoms with Crippen molar-refractivity contribution in [2.75, 3.05) is 0 Å². The fraction of sp³-hybridized carbons (Fsp3) is 0.188. The number of rotatable bonds is 7. The maximum atomic E-state index is 13.9. The number of allylic oxidation sites excluding steroid dienone is 2. The molecule has 2 heterocycles. The van der Waals surface area contributed by atoms with Crippen molar-refractivity contribution in [1.29, 1.82) is 0 Å². The molecule has 1 unspecified atom stereocenters. The van der Waals surface area contributed by atoms with Gasteiger partial charge in [0.15, 0.2) is 4.80 Å². The molecule has 0 saturated carbocycles. The summed E-state index contributed by atoms with van der Waals surface area (Å²) >= 11 is 7.30. The maximum Gasteiger partial charge on any atom is 0.387 e. The van der Waals surface area contributed by atoms with E-state index < -0.39 is 19.3 Å². The molecule has 0 fully saturated rings. The van der Waals surface area contributed by atoms with E-state index in [2.05, 4.69) is 9.47 Å². The van der Waals surface area contributed by atoms with E-state index in [1.165, 1.54) is 35.6 Å². The van der Waals surface area contributed by atoms with E-state index in [-0.39, 0.29) is 17.1 Å². The maximum absolute atomic E-state index is 13.9. The fourth-order valence-corrected chi connectivity index (χ4v) is 6.47. The Morgan fingerprint density at radius 2 is 1.42 bits per heavy atom. The van der Waals surface area contributed by atoms with E-state index in [0.29, 0.717) is 20.8 Å². The minimum Gasteiger partial charge on any atom is -0.435 e. The molecule has 1 aliphatic heterocycles. The van der Waals surface area contributed by atoms with Crippen LogP contribution < -0.4 is 24.4 Å². The van der Waals surface area contributed by atoms with Crippen molar-refractivity contribution in [2.24, 2.45) is 4.99 Å². The van der Waals surface area contributed by atoms with Crippen molar-refractivity contribution in [3.63, 3.8) is 0 Å². The lowest BCUT2D eigenvalue weighted by Crippen LogP contribution is -2.39. The third kappa shape index (κ3) is 6.30. The van der Waals surface area contributed by atoms with Crippen LogP contribution in [0.25, 0.3) is 12.2 Å². The van der Waals surface area contributed by atoms with Gasteiger partial charge in [0, 0.05) is 5.02 Å². The molecule has 5 nitrogen and oxygen atoms in total. The van der Waals surface area contributed by atoms with Crippen molar-refractivity contribution in [3.8, 4) is 11.5 Å². The number of alkyl halides is 4. The average molecular weight is 627 g/mol. The van der Waals surface area contributed by atoms with Crippen LogP contribution in [-0.2, 0) is 0 Å². The first-order chi connectivity index (χ1) is 20.7. The SMILES string of the molecule is O=c1/c(=C\c2ccc(Cl)cc2)sc2n1C(c1ccc(OC(F)F)cc1)C1=C(N=2)/C(=C/c2ccc(OC(F)F)cc2)CCC1. The Kier molecular flexibility index (Phi) is 8.23. The number of ether oxygens (including phenoxy) is 2. The second-order valence-electron chi connectivity index (χ2n) is 9.93. The summed E-state index contributed by atoms with van der Waals surface area (Å²) in [6.45, 7) is -5.86. The molecular formula is C32H23ClF4N2O3S. The zero-order chi connectivity index (χ0) is 30.1. The first kappa shape index (κ1) is 28.9. The van der Waals surface area contributed by atoms with Crippen LogP contribution in [0.1, 0.15) is 42.0 Å². The van der Waals surface area contributed by atoms with Gasteiger partial charge in [0.2, 0.25) is 0 Å². The van der Waals surface area contributed by atoms with Crippen molar-refractivity contribution in [3.05, 3.63) is 131 Å². The van der Waals surface area contributed by atoms with Crippen LogP contribution in [0.5, 0.6) is 11.5 Å². The van der Waals surface area contributed by atoms with E-state index in [9.17, 15) is 22.4 Å². The molecule has 220 valence electrons. The molecule has 1 atom stereocenters. The van der Waals surface area contributed by atoms with Gasteiger partial charge in [-0.3, -0.25) is 9.36 Å². The summed E-state index contributed by atoms with van der Waals surface area (Å²) in [5.74, 6) is 0.0843. The Labute approximate surface area is 252 Å². The molecule has 0 N–H and O–H groups in total. The number of thiazole rings is 1. The Hall–Kier alpha value is -4.15. The molecule has 3 aromatic carbocycles. The number of hydrogen-bond acceptors (Lipinski definition) is 5. The van der Waals surface area contributed by atoms with Crippen LogP contribution in [0.3, 0.4) is 0 Å². The first-order valence-electron chi connectivity index (χ1n) is 13.4. The molecule has 0 spiro atoms. The van der Waals surface area contributed by atoms with E-state index in [4.69, 9.17) is 16.6 Å². The van der Waals surface area contributed by atoms with Gasteiger partial charge >= 0.3 is 13.2 Å². The van der Waals surface area contributed by atoms with E-state index >= 15 is 0 Å². The van der Waals surface area contributed by atoms with Crippen molar-refractivity contribution < 1.29 is 27.0 Å². The van der Waals surface area contributed by atoms with Gasteiger partial charge in [0.25, 0.3) is 5.56 Å². The molecule has 4 aromatic rings. The molecule has 43 heavy (non-hydrogen) atoms. The number of halogens is 5. The lowest BCUT2D eigenvalue weighted by molar-refractivity contribution is -0.0505. The number of hydrogen-bond donors (Lipinski definition) is 0. The lowest BCUT2D eigenvalue weighted by atomic mass is 9.84. The lowest BCUT2D eigenvalue weighted by Gasteiger charge is -2.31. The molecule has 1 aromatic heterocycles. The third-order valence-corrected chi connectivity index (χ3v) is 8.40. The number of nitrogens with zero attached hydrogens (tertiary/aromatic N) is 2. The smallest absolute Gasteiger partial charge is 0.387 e. The van der Waals surface area contributed by atoms with Gasteiger partial charge in [-0.05, 0) is 95.6 Å². The van der Waals surface area contributed by atoms with Gasteiger partial charge in [-0.2, -0.15) is 17.6 Å². The second-order valence-corrected chi connectivity index (χ2v) is 11.4. The molecule has 0 radical (unpaired) electrons. The summed E-state index contributed by atoms with van der Waals surface area (Å²) in [6, 6.07) is 19.3. The quantitative estimate of drug-likeness (QED) is 0.202. The Balaban J connectivity index is 1.49. The highest BCUT2D eigenvalue weighted by Gasteiger charge is 2.32. The van der Waals surface area contributed by atoms with Gasteiger partial charge in [0.1, 0.15) is 11.5 Å². The van der Waals surface area contributed by atoms with Gasteiger partial charge in [-0.1, -0.05) is 59.3 Å². The van der Waals surface area contributed by atoms with E-state index in [1.807, 2.05) is 18.2 Å². The van der Waals surface area contributed by atoms with Crippen molar-refractivity contribution in [2.45, 2.75) is 38.5 Å². The molecule has 6 rings (SSSR count). The number of fused-ring (bicyclic) bond motifs is 1. The molecule has 0 bridgehead atoms. The molecule has 11 heteroatoms. The van der Waals surface area contributed by atoms with Crippen LogP contribution in [0, 0.1) is 0 Å². The third-order valence-electron chi connectivity index (χ3n) is 7.17. The summed E-state index contributed by atoms with van der Waals surface area (Å²) in [7, 11) is 0. The van der Waals surface area contributed by atoms with Crippen LogP contribution >= 0.6 is 22.9 Å². The van der Waals surface area contributed by atoms with Gasteiger partial charge in [0.05, 0.1) is 16.3 Å². The standard InChI is InChI=1S/C32H23ClF4N2O3S/c33-22-10-4-19(5-11-22)17-26-29(40)39-28(20-8-14-24(15-9-20)42-31(36)37)25-3-1-2-21(27(25)38-32(39)43-26)16-18-6-12-23(13-7-18)41-30(34)35/h4-17,28,30-31H,1-3H2/b21-16+,26-17+. The van der Waals surface area contributed by atoms with Crippen LogP contribution in [0.4, 0.5) is 17.6 Å². The van der Waals surface area contributed by atoms with Crippen molar-refractivity contribution >= 4 is 35.1 Å². The molecule has 0 saturated heterocycles. The summed E-state index contributed by atoms with van der Waals surface area (Å²) in [6.07, 6.45) is 5.95. The summed E-state index contributed by atoms with van der Waals surface area (Å²) in [5.41, 5.74) is 4.76. The van der Waals surface area contributed by atoms with E-state index in [1.54, 1.807) is 47.0 Å². The highest BCUT2D eigenvalue weighted by atomic mass is 35.5. The summed E-state index contributed by atoms with van der Waals surface area (Å²) in [5, 5.41) is 0.584. The largest absolute Gasteiger partial charge is 0.435 e. The Morgan fingerprint density at radius 1 is 0.837 bits per heavy atom. The van der Waals surface area contributed by atoms with Gasteiger partial charge in [-0.15, -0.1) is 0 Å². The van der Waals surface area contributed by atoms with Crippen LogP contribution in [-0.4, -0.2) is 17.8 Å². The highest BCUT2D eigenvalue weighted by molar-refractivity contribution is 7.07. The van der Waals surface area contributed by atoms with Gasteiger partial charge < -0.3 is 9.47 Å². The monoisotopic (exact) mass is 626 g/mol.